The molecule has 10 heteroatoms. The highest BCUT2D eigenvalue weighted by Gasteiger charge is 2.12. The molecular formula is C9H12ClFN2O5S. The molecular weight excluding hydrogens is 303 g/mol. The van der Waals surface area contributed by atoms with Gasteiger partial charge in [-0.1, -0.05) is 9.95 Å². The Bertz CT molecular complexity index is 525. The first-order valence-corrected chi connectivity index (χ1v) is 6.07. The van der Waals surface area contributed by atoms with Crippen LogP contribution in [0, 0.1) is 0 Å². The fourth-order valence-corrected chi connectivity index (χ4v) is 1.46. The summed E-state index contributed by atoms with van der Waals surface area (Å²) in [6.07, 6.45) is 0. The van der Waals surface area contributed by atoms with Gasteiger partial charge < -0.3 is 14.3 Å². The lowest BCUT2D eigenvalue weighted by molar-refractivity contribution is 0.0916. The smallest absolute Gasteiger partial charge is 0.358 e. The van der Waals surface area contributed by atoms with Crippen LogP contribution in [0.4, 0.5) is 3.89 Å². The largest absolute Gasteiger partial charge is 0.488 e. The zero-order valence-corrected chi connectivity index (χ0v) is 11.2. The van der Waals surface area contributed by atoms with Crippen molar-refractivity contribution in [2.75, 3.05) is 13.2 Å². The maximum Gasteiger partial charge on any atom is 0.488 e. The fraction of sp³-hybridized carbons (Fsp3) is 0.222. The first kappa shape index (κ1) is 17.6. The standard InChI is InChI=1S/C9H11FN2O5S.ClH/c10-18(14,15)17-8-3-1-2-7(6-8)9(13)12-4-5-16-11;/h1-3,6H,4-5,11H2,(H,12,13);1H. The number of nitrogens with two attached hydrogens (primary N) is 1. The first-order valence-electron chi connectivity index (χ1n) is 4.76. The third kappa shape index (κ3) is 6.91. The predicted octanol–water partition coefficient (Wildman–Crippen LogP) is 0.322. The Morgan fingerprint density at radius 3 is 2.68 bits per heavy atom. The molecule has 0 aromatic heterocycles. The zero-order chi connectivity index (χ0) is 13.6. The highest BCUT2D eigenvalue weighted by Crippen LogP contribution is 2.15. The molecule has 0 fully saturated rings. The van der Waals surface area contributed by atoms with Crippen LogP contribution in [0.1, 0.15) is 10.4 Å². The van der Waals surface area contributed by atoms with E-state index in [0.717, 1.165) is 6.07 Å². The molecule has 7 nitrogen and oxygen atoms in total. The molecule has 108 valence electrons. The van der Waals surface area contributed by atoms with Gasteiger partial charge in [0.05, 0.1) is 6.61 Å². The van der Waals surface area contributed by atoms with Gasteiger partial charge in [0.25, 0.3) is 5.91 Å². The van der Waals surface area contributed by atoms with Crippen molar-refractivity contribution >= 4 is 28.8 Å². The van der Waals surface area contributed by atoms with Gasteiger partial charge >= 0.3 is 10.5 Å². The van der Waals surface area contributed by atoms with E-state index in [-0.39, 0.29) is 36.9 Å². The number of amides is 1. The minimum absolute atomic E-state index is 0. The Morgan fingerprint density at radius 2 is 2.11 bits per heavy atom. The number of halogens is 2. The first-order chi connectivity index (χ1) is 8.42. The van der Waals surface area contributed by atoms with Crippen molar-refractivity contribution < 1.29 is 26.1 Å². The van der Waals surface area contributed by atoms with E-state index in [9.17, 15) is 17.1 Å². The Morgan fingerprint density at radius 1 is 1.42 bits per heavy atom. The SMILES string of the molecule is Cl.NOCCNC(=O)c1cccc(OS(=O)(=O)F)c1. The number of hydrogen-bond donors (Lipinski definition) is 2. The van der Waals surface area contributed by atoms with Crippen molar-refractivity contribution in [3.63, 3.8) is 0 Å². The normalized spacial score (nSPS) is 10.4. The second kappa shape index (κ2) is 7.89. The fourth-order valence-electron chi connectivity index (χ4n) is 1.13. The van der Waals surface area contributed by atoms with Crippen LogP contribution < -0.4 is 15.4 Å². The maximum atomic E-state index is 12.3. The molecule has 0 saturated heterocycles. The summed E-state index contributed by atoms with van der Waals surface area (Å²) in [5.74, 6) is 3.98. The van der Waals surface area contributed by atoms with Gasteiger partial charge in [-0.05, 0) is 18.2 Å². The highest BCUT2D eigenvalue weighted by molar-refractivity contribution is 7.81. The molecule has 0 spiro atoms. The Labute approximate surface area is 115 Å². The van der Waals surface area contributed by atoms with E-state index in [4.69, 9.17) is 5.90 Å². The highest BCUT2D eigenvalue weighted by atomic mass is 35.5. The van der Waals surface area contributed by atoms with E-state index in [0.29, 0.717) is 0 Å². The van der Waals surface area contributed by atoms with Gasteiger partial charge in [0.2, 0.25) is 0 Å². The lowest BCUT2D eigenvalue weighted by atomic mass is 10.2. The van der Waals surface area contributed by atoms with E-state index in [1.807, 2.05) is 0 Å². The van der Waals surface area contributed by atoms with Crippen LogP contribution in [0.2, 0.25) is 0 Å². The van der Waals surface area contributed by atoms with E-state index >= 15 is 0 Å². The number of nitrogens with one attached hydrogen (secondary N) is 1. The summed E-state index contributed by atoms with van der Waals surface area (Å²) in [6.45, 7) is 0.308. The van der Waals surface area contributed by atoms with Gasteiger partial charge in [-0.25, -0.2) is 5.90 Å². The minimum atomic E-state index is -5.11. The summed E-state index contributed by atoms with van der Waals surface area (Å²) in [4.78, 5) is 15.8. The molecule has 0 radical (unpaired) electrons. The number of hydrogen-bond acceptors (Lipinski definition) is 6. The predicted molar refractivity (Wildman–Crippen MR) is 66.8 cm³/mol. The average Bonchev–Trinajstić information content (AvgIpc) is 2.27. The second-order valence-corrected chi connectivity index (χ2v) is 4.08. The van der Waals surface area contributed by atoms with Gasteiger partial charge in [-0.15, -0.1) is 12.4 Å². The number of benzene rings is 1. The minimum Gasteiger partial charge on any atom is -0.358 e. The quantitative estimate of drug-likeness (QED) is 0.445. The maximum absolute atomic E-state index is 12.3. The van der Waals surface area contributed by atoms with Crippen molar-refractivity contribution in [1.82, 2.24) is 5.32 Å². The molecule has 3 N–H and O–H groups in total. The number of rotatable bonds is 6. The van der Waals surface area contributed by atoms with Crippen LogP contribution >= 0.6 is 12.4 Å². The lowest BCUT2D eigenvalue weighted by Gasteiger charge is -2.05. The molecule has 0 bridgehead atoms. The van der Waals surface area contributed by atoms with Crippen molar-refractivity contribution in [3.05, 3.63) is 29.8 Å². The van der Waals surface area contributed by atoms with Crippen LogP contribution in [-0.4, -0.2) is 27.5 Å². The third-order valence-electron chi connectivity index (χ3n) is 1.80. The summed E-state index contributed by atoms with van der Waals surface area (Å²) < 4.78 is 36.8. The summed E-state index contributed by atoms with van der Waals surface area (Å²) in [7, 11) is -5.11. The summed E-state index contributed by atoms with van der Waals surface area (Å²) in [5, 5.41) is 2.45. The van der Waals surface area contributed by atoms with Gasteiger partial charge in [0, 0.05) is 12.1 Å². The molecule has 1 amide bonds. The van der Waals surface area contributed by atoms with Crippen molar-refractivity contribution in [2.45, 2.75) is 0 Å². The van der Waals surface area contributed by atoms with Gasteiger partial charge in [-0.3, -0.25) is 4.79 Å². The molecule has 1 rings (SSSR count). The molecule has 0 aliphatic carbocycles. The van der Waals surface area contributed by atoms with Gasteiger partial charge in [0.1, 0.15) is 5.75 Å². The molecule has 0 aliphatic rings. The molecule has 1 aromatic carbocycles. The van der Waals surface area contributed by atoms with Crippen LogP contribution in [-0.2, 0) is 15.3 Å². The Balaban J connectivity index is 0.00000324. The van der Waals surface area contributed by atoms with E-state index in [1.54, 1.807) is 0 Å². The van der Waals surface area contributed by atoms with Crippen LogP contribution in [0.3, 0.4) is 0 Å². The third-order valence-corrected chi connectivity index (χ3v) is 2.19. The summed E-state index contributed by atoms with van der Waals surface area (Å²) >= 11 is 0. The number of carbonyl (C=O) groups is 1. The van der Waals surface area contributed by atoms with Crippen molar-refractivity contribution in [3.8, 4) is 5.75 Å². The molecule has 0 atom stereocenters. The molecule has 0 unspecified atom stereocenters. The van der Waals surface area contributed by atoms with Gasteiger partial charge in [-0.2, -0.15) is 8.42 Å². The van der Waals surface area contributed by atoms with E-state index in [2.05, 4.69) is 14.3 Å². The molecule has 19 heavy (non-hydrogen) atoms. The topological polar surface area (TPSA) is 108 Å². The van der Waals surface area contributed by atoms with Crippen LogP contribution in [0.25, 0.3) is 0 Å². The molecule has 1 aromatic rings. The lowest BCUT2D eigenvalue weighted by Crippen LogP contribution is -2.28. The monoisotopic (exact) mass is 314 g/mol. The average molecular weight is 315 g/mol. The number of carbonyl (C=O) groups excluding carboxylic acids is 1. The summed E-state index contributed by atoms with van der Waals surface area (Å²) in [5.41, 5.74) is 0.119. The van der Waals surface area contributed by atoms with E-state index < -0.39 is 16.4 Å². The van der Waals surface area contributed by atoms with Crippen molar-refractivity contribution in [1.29, 1.82) is 0 Å². The zero-order valence-electron chi connectivity index (χ0n) is 9.54. The van der Waals surface area contributed by atoms with Crippen LogP contribution in [0.5, 0.6) is 5.75 Å². The Kier molecular flexibility index (Phi) is 7.30. The molecule has 0 aliphatic heterocycles. The van der Waals surface area contributed by atoms with Crippen molar-refractivity contribution in [2.24, 2.45) is 5.90 Å². The van der Waals surface area contributed by atoms with Gasteiger partial charge in [0.15, 0.2) is 0 Å². The van der Waals surface area contributed by atoms with Crippen LogP contribution in [0.15, 0.2) is 24.3 Å². The molecule has 0 saturated carbocycles. The van der Waals surface area contributed by atoms with E-state index in [1.165, 1.54) is 18.2 Å². The Hall–Kier alpha value is -1.42. The molecule has 0 heterocycles. The summed E-state index contributed by atoms with van der Waals surface area (Å²) in [6, 6.07) is 5.07. The second-order valence-electron chi connectivity index (χ2n) is 3.13.